The lowest BCUT2D eigenvalue weighted by molar-refractivity contribution is -0.122. The van der Waals surface area contributed by atoms with E-state index in [9.17, 15) is 4.79 Å². The molecule has 1 N–H and O–H groups in total. The Morgan fingerprint density at radius 1 is 1.14 bits per heavy atom. The summed E-state index contributed by atoms with van der Waals surface area (Å²) in [5, 5.41) is 3.18. The Labute approximate surface area is 128 Å². The third kappa shape index (κ3) is 5.78. The average Bonchev–Trinajstić information content (AvgIpc) is 2.53. The molecule has 1 aliphatic rings. The van der Waals surface area contributed by atoms with Crippen LogP contribution in [0.3, 0.4) is 0 Å². The second-order valence-electron chi connectivity index (χ2n) is 5.96. The van der Waals surface area contributed by atoms with Crippen molar-refractivity contribution in [3.05, 3.63) is 29.8 Å². The SMILES string of the molecule is COc1ccc(CCCCC(=O)NC2CCCCC2)cc1. The van der Waals surface area contributed by atoms with E-state index < -0.39 is 0 Å². The molecule has 0 bridgehead atoms. The summed E-state index contributed by atoms with van der Waals surface area (Å²) in [7, 11) is 1.68. The number of carbonyl (C=O) groups excluding carboxylic acids is 1. The van der Waals surface area contributed by atoms with Crippen LogP contribution >= 0.6 is 0 Å². The van der Waals surface area contributed by atoms with Crippen molar-refractivity contribution in [2.45, 2.75) is 63.8 Å². The maximum Gasteiger partial charge on any atom is 0.220 e. The predicted octanol–water partition coefficient (Wildman–Crippen LogP) is 3.86. The van der Waals surface area contributed by atoms with Gasteiger partial charge in [-0.1, -0.05) is 31.4 Å². The first-order valence-electron chi connectivity index (χ1n) is 8.20. The first kappa shape index (κ1) is 15.9. The predicted molar refractivity (Wildman–Crippen MR) is 85.6 cm³/mol. The van der Waals surface area contributed by atoms with Gasteiger partial charge in [0.15, 0.2) is 0 Å². The lowest BCUT2D eigenvalue weighted by atomic mass is 9.95. The van der Waals surface area contributed by atoms with E-state index in [2.05, 4.69) is 17.4 Å². The normalized spacial score (nSPS) is 15.7. The summed E-state index contributed by atoms with van der Waals surface area (Å²) in [6, 6.07) is 8.62. The van der Waals surface area contributed by atoms with Gasteiger partial charge in [0.2, 0.25) is 5.91 Å². The summed E-state index contributed by atoms with van der Waals surface area (Å²) in [5.74, 6) is 1.13. The van der Waals surface area contributed by atoms with E-state index in [0.29, 0.717) is 12.5 Å². The number of amides is 1. The number of methoxy groups -OCH3 is 1. The Balaban J connectivity index is 1.58. The topological polar surface area (TPSA) is 38.3 Å². The molecule has 0 saturated heterocycles. The zero-order chi connectivity index (χ0) is 14.9. The van der Waals surface area contributed by atoms with E-state index in [1.54, 1.807) is 7.11 Å². The number of rotatable bonds is 7. The van der Waals surface area contributed by atoms with Gasteiger partial charge in [-0.05, 0) is 49.8 Å². The summed E-state index contributed by atoms with van der Waals surface area (Å²) in [6.07, 6.45) is 9.90. The van der Waals surface area contributed by atoms with Gasteiger partial charge in [0.25, 0.3) is 0 Å². The zero-order valence-electron chi connectivity index (χ0n) is 13.1. The van der Waals surface area contributed by atoms with E-state index in [4.69, 9.17) is 4.74 Å². The first-order valence-corrected chi connectivity index (χ1v) is 8.20. The highest BCUT2D eigenvalue weighted by Gasteiger charge is 2.15. The number of nitrogens with one attached hydrogen (secondary N) is 1. The van der Waals surface area contributed by atoms with Crippen LogP contribution in [0, 0.1) is 0 Å². The monoisotopic (exact) mass is 289 g/mol. The van der Waals surface area contributed by atoms with E-state index in [1.165, 1.54) is 24.8 Å². The summed E-state index contributed by atoms with van der Waals surface area (Å²) in [5.41, 5.74) is 1.31. The first-order chi connectivity index (χ1) is 10.3. The minimum atomic E-state index is 0.233. The van der Waals surface area contributed by atoms with Crippen molar-refractivity contribution in [3.63, 3.8) is 0 Å². The fourth-order valence-electron chi connectivity index (χ4n) is 2.95. The molecular weight excluding hydrogens is 262 g/mol. The second-order valence-corrected chi connectivity index (χ2v) is 5.96. The van der Waals surface area contributed by atoms with Gasteiger partial charge in [0.1, 0.15) is 5.75 Å². The van der Waals surface area contributed by atoms with Gasteiger partial charge in [0.05, 0.1) is 7.11 Å². The molecule has 0 aromatic heterocycles. The van der Waals surface area contributed by atoms with Gasteiger partial charge in [-0.3, -0.25) is 4.79 Å². The highest BCUT2D eigenvalue weighted by atomic mass is 16.5. The molecule has 1 saturated carbocycles. The molecule has 0 aliphatic heterocycles. The van der Waals surface area contributed by atoms with Crippen molar-refractivity contribution in [2.75, 3.05) is 7.11 Å². The molecule has 0 atom stereocenters. The van der Waals surface area contributed by atoms with E-state index in [1.807, 2.05) is 12.1 Å². The summed E-state index contributed by atoms with van der Waals surface area (Å²) < 4.78 is 5.15. The Bertz CT molecular complexity index is 421. The van der Waals surface area contributed by atoms with Crippen molar-refractivity contribution >= 4 is 5.91 Å². The number of unbranched alkanes of at least 4 members (excludes halogenated alkanes) is 1. The van der Waals surface area contributed by atoms with Crippen LogP contribution in [0.4, 0.5) is 0 Å². The lowest BCUT2D eigenvalue weighted by Crippen LogP contribution is -2.35. The molecule has 1 aliphatic carbocycles. The standard InChI is InChI=1S/C18H27NO2/c1-21-17-13-11-15(12-14-17)7-5-6-10-18(20)19-16-8-3-2-4-9-16/h11-14,16H,2-10H2,1H3,(H,19,20). The third-order valence-corrected chi connectivity index (χ3v) is 4.25. The third-order valence-electron chi connectivity index (χ3n) is 4.25. The van der Waals surface area contributed by atoms with Gasteiger partial charge in [0, 0.05) is 12.5 Å². The van der Waals surface area contributed by atoms with E-state index >= 15 is 0 Å². The average molecular weight is 289 g/mol. The molecule has 0 heterocycles. The van der Waals surface area contributed by atoms with Crippen molar-refractivity contribution in [2.24, 2.45) is 0 Å². The minimum Gasteiger partial charge on any atom is -0.497 e. The molecule has 3 heteroatoms. The number of aryl methyl sites for hydroxylation is 1. The van der Waals surface area contributed by atoms with E-state index in [-0.39, 0.29) is 5.91 Å². The smallest absolute Gasteiger partial charge is 0.220 e. The quantitative estimate of drug-likeness (QED) is 0.774. The van der Waals surface area contributed by atoms with Gasteiger partial charge in [-0.25, -0.2) is 0 Å². The molecule has 0 radical (unpaired) electrons. The molecule has 0 spiro atoms. The Kier molecular flexibility index (Phi) is 6.58. The number of carbonyl (C=O) groups is 1. The van der Waals surface area contributed by atoms with Crippen LogP contribution in [0.25, 0.3) is 0 Å². The summed E-state index contributed by atoms with van der Waals surface area (Å²) in [6.45, 7) is 0. The molecule has 2 rings (SSSR count). The molecule has 21 heavy (non-hydrogen) atoms. The number of hydrogen-bond donors (Lipinski definition) is 1. The van der Waals surface area contributed by atoms with Gasteiger partial charge in [-0.2, -0.15) is 0 Å². The molecular formula is C18H27NO2. The maximum atomic E-state index is 11.9. The lowest BCUT2D eigenvalue weighted by Gasteiger charge is -2.22. The highest BCUT2D eigenvalue weighted by Crippen LogP contribution is 2.18. The molecule has 1 aromatic rings. The number of ether oxygens (including phenoxy) is 1. The van der Waals surface area contributed by atoms with Gasteiger partial charge in [-0.15, -0.1) is 0 Å². The molecule has 1 aromatic carbocycles. The summed E-state index contributed by atoms with van der Waals surface area (Å²) >= 11 is 0. The molecule has 0 unspecified atom stereocenters. The maximum absolute atomic E-state index is 11.9. The van der Waals surface area contributed by atoms with Crippen LogP contribution in [0.5, 0.6) is 5.75 Å². The van der Waals surface area contributed by atoms with Crippen LogP contribution in [0.15, 0.2) is 24.3 Å². The van der Waals surface area contributed by atoms with E-state index in [0.717, 1.165) is 37.9 Å². The highest BCUT2D eigenvalue weighted by molar-refractivity contribution is 5.76. The van der Waals surface area contributed by atoms with Gasteiger partial charge < -0.3 is 10.1 Å². The van der Waals surface area contributed by atoms with Crippen molar-refractivity contribution in [1.29, 1.82) is 0 Å². The second kappa shape index (κ2) is 8.71. The Hall–Kier alpha value is -1.51. The molecule has 116 valence electrons. The minimum absolute atomic E-state index is 0.233. The number of hydrogen-bond acceptors (Lipinski definition) is 2. The van der Waals surface area contributed by atoms with Crippen molar-refractivity contribution in [3.8, 4) is 5.75 Å². The van der Waals surface area contributed by atoms with Crippen molar-refractivity contribution in [1.82, 2.24) is 5.32 Å². The molecule has 1 amide bonds. The van der Waals surface area contributed by atoms with Gasteiger partial charge >= 0.3 is 0 Å². The van der Waals surface area contributed by atoms with Crippen LogP contribution in [-0.2, 0) is 11.2 Å². The number of benzene rings is 1. The fourth-order valence-corrected chi connectivity index (χ4v) is 2.95. The Morgan fingerprint density at radius 2 is 1.86 bits per heavy atom. The largest absolute Gasteiger partial charge is 0.497 e. The van der Waals surface area contributed by atoms with Crippen molar-refractivity contribution < 1.29 is 9.53 Å². The van der Waals surface area contributed by atoms with Crippen LogP contribution < -0.4 is 10.1 Å². The zero-order valence-corrected chi connectivity index (χ0v) is 13.1. The van der Waals surface area contributed by atoms with Crippen LogP contribution in [0.2, 0.25) is 0 Å². The molecule has 1 fully saturated rings. The van der Waals surface area contributed by atoms with Crippen LogP contribution in [0.1, 0.15) is 56.9 Å². The van der Waals surface area contributed by atoms with Crippen LogP contribution in [-0.4, -0.2) is 19.1 Å². The fraction of sp³-hybridized carbons (Fsp3) is 0.611. The Morgan fingerprint density at radius 3 is 2.52 bits per heavy atom. The summed E-state index contributed by atoms with van der Waals surface area (Å²) in [4.78, 5) is 11.9. The molecule has 3 nitrogen and oxygen atoms in total.